The van der Waals surface area contributed by atoms with Crippen LogP contribution in [0.3, 0.4) is 0 Å². The average molecular weight is 216 g/mol. The molecule has 1 N–H and O–H groups in total. The first-order valence-electron chi connectivity index (χ1n) is 5.53. The molecule has 2 rings (SSSR count). The molecule has 1 unspecified atom stereocenters. The molecule has 0 amide bonds. The van der Waals surface area contributed by atoms with Crippen LogP contribution < -0.4 is 0 Å². The SMILES string of the molecule is CCC(O)c1ccn(Cc2ccccn2)c1. The van der Waals surface area contributed by atoms with E-state index in [-0.39, 0.29) is 6.10 Å². The molecule has 2 aromatic heterocycles. The zero-order valence-corrected chi connectivity index (χ0v) is 9.37. The van der Waals surface area contributed by atoms with Crippen LogP contribution in [0.5, 0.6) is 0 Å². The van der Waals surface area contributed by atoms with Gasteiger partial charge in [-0.2, -0.15) is 0 Å². The zero-order valence-electron chi connectivity index (χ0n) is 9.37. The van der Waals surface area contributed by atoms with Gasteiger partial charge in [0.05, 0.1) is 18.3 Å². The molecule has 2 aromatic rings. The van der Waals surface area contributed by atoms with E-state index in [9.17, 15) is 5.11 Å². The van der Waals surface area contributed by atoms with Crippen molar-refractivity contribution in [2.75, 3.05) is 0 Å². The molecule has 1 atom stereocenters. The Balaban J connectivity index is 2.09. The van der Waals surface area contributed by atoms with Gasteiger partial charge in [0.1, 0.15) is 0 Å². The number of aliphatic hydroxyl groups excluding tert-OH is 1. The van der Waals surface area contributed by atoms with Crippen molar-refractivity contribution in [2.24, 2.45) is 0 Å². The van der Waals surface area contributed by atoms with Gasteiger partial charge in [-0.25, -0.2) is 0 Å². The highest BCUT2D eigenvalue weighted by Gasteiger charge is 2.06. The van der Waals surface area contributed by atoms with E-state index in [1.807, 2.05) is 48.1 Å². The normalized spacial score (nSPS) is 12.6. The third-order valence-corrected chi connectivity index (χ3v) is 2.62. The Morgan fingerprint density at radius 1 is 1.38 bits per heavy atom. The maximum atomic E-state index is 9.68. The molecule has 0 aliphatic carbocycles. The molecule has 16 heavy (non-hydrogen) atoms. The predicted octanol–water partition coefficient (Wildman–Crippen LogP) is 2.37. The molecule has 0 bridgehead atoms. The van der Waals surface area contributed by atoms with Crippen molar-refractivity contribution in [1.82, 2.24) is 9.55 Å². The summed E-state index contributed by atoms with van der Waals surface area (Å²) in [5.41, 5.74) is 1.99. The van der Waals surface area contributed by atoms with Gasteiger partial charge < -0.3 is 9.67 Å². The van der Waals surface area contributed by atoms with Gasteiger partial charge in [-0.3, -0.25) is 4.98 Å². The first-order valence-corrected chi connectivity index (χ1v) is 5.53. The summed E-state index contributed by atoms with van der Waals surface area (Å²) in [4.78, 5) is 4.26. The van der Waals surface area contributed by atoms with E-state index in [0.717, 1.165) is 24.2 Å². The molecule has 0 fully saturated rings. The summed E-state index contributed by atoms with van der Waals surface area (Å²) in [5, 5.41) is 9.68. The van der Waals surface area contributed by atoms with Gasteiger partial charge >= 0.3 is 0 Å². The smallest absolute Gasteiger partial charge is 0.0802 e. The Morgan fingerprint density at radius 2 is 2.25 bits per heavy atom. The maximum Gasteiger partial charge on any atom is 0.0802 e. The molecule has 0 spiro atoms. The fourth-order valence-corrected chi connectivity index (χ4v) is 1.67. The lowest BCUT2D eigenvalue weighted by Crippen LogP contribution is -1.99. The summed E-state index contributed by atoms with van der Waals surface area (Å²) in [5.74, 6) is 0. The Labute approximate surface area is 95.4 Å². The van der Waals surface area contributed by atoms with Gasteiger partial charge in [-0.1, -0.05) is 13.0 Å². The molecule has 0 saturated carbocycles. The van der Waals surface area contributed by atoms with Gasteiger partial charge in [0.15, 0.2) is 0 Å². The fourth-order valence-electron chi connectivity index (χ4n) is 1.67. The monoisotopic (exact) mass is 216 g/mol. The molecular formula is C13H16N2O. The minimum absolute atomic E-state index is 0.356. The second kappa shape index (κ2) is 4.94. The molecule has 84 valence electrons. The van der Waals surface area contributed by atoms with Crippen LogP contribution in [0, 0.1) is 0 Å². The average Bonchev–Trinajstić information content (AvgIpc) is 2.78. The highest BCUT2D eigenvalue weighted by Crippen LogP contribution is 2.16. The van der Waals surface area contributed by atoms with Crippen LogP contribution >= 0.6 is 0 Å². The van der Waals surface area contributed by atoms with E-state index in [1.54, 1.807) is 6.20 Å². The van der Waals surface area contributed by atoms with E-state index in [4.69, 9.17) is 0 Å². The summed E-state index contributed by atoms with van der Waals surface area (Å²) >= 11 is 0. The largest absolute Gasteiger partial charge is 0.388 e. The van der Waals surface area contributed by atoms with Crippen molar-refractivity contribution in [2.45, 2.75) is 26.0 Å². The van der Waals surface area contributed by atoms with Crippen LogP contribution in [0.2, 0.25) is 0 Å². The minimum Gasteiger partial charge on any atom is -0.388 e. The molecule has 3 heteroatoms. The quantitative estimate of drug-likeness (QED) is 0.852. The lowest BCUT2D eigenvalue weighted by molar-refractivity contribution is 0.173. The Kier molecular flexibility index (Phi) is 3.37. The maximum absolute atomic E-state index is 9.68. The fraction of sp³-hybridized carbons (Fsp3) is 0.308. The third kappa shape index (κ3) is 2.49. The van der Waals surface area contributed by atoms with E-state index < -0.39 is 0 Å². The van der Waals surface area contributed by atoms with Crippen molar-refractivity contribution >= 4 is 0 Å². The second-order valence-corrected chi connectivity index (χ2v) is 3.86. The second-order valence-electron chi connectivity index (χ2n) is 3.86. The van der Waals surface area contributed by atoms with Crippen molar-refractivity contribution in [3.05, 3.63) is 54.1 Å². The van der Waals surface area contributed by atoms with Gasteiger partial charge in [0.25, 0.3) is 0 Å². The molecule has 0 saturated heterocycles. The van der Waals surface area contributed by atoms with E-state index in [0.29, 0.717) is 0 Å². The Morgan fingerprint density at radius 3 is 2.94 bits per heavy atom. The number of pyridine rings is 1. The predicted molar refractivity (Wildman–Crippen MR) is 63.0 cm³/mol. The van der Waals surface area contributed by atoms with Gasteiger partial charge in [0.2, 0.25) is 0 Å². The third-order valence-electron chi connectivity index (χ3n) is 2.62. The number of hydrogen-bond acceptors (Lipinski definition) is 2. The molecule has 3 nitrogen and oxygen atoms in total. The highest BCUT2D eigenvalue weighted by molar-refractivity contribution is 5.15. The lowest BCUT2D eigenvalue weighted by atomic mass is 10.1. The number of aliphatic hydroxyl groups is 1. The molecule has 0 radical (unpaired) electrons. The minimum atomic E-state index is -0.356. The summed E-state index contributed by atoms with van der Waals surface area (Å²) in [6, 6.07) is 7.84. The van der Waals surface area contributed by atoms with E-state index in [2.05, 4.69) is 4.98 Å². The molecular weight excluding hydrogens is 200 g/mol. The van der Waals surface area contributed by atoms with Crippen LogP contribution in [0.15, 0.2) is 42.9 Å². The number of hydrogen-bond donors (Lipinski definition) is 1. The van der Waals surface area contributed by atoms with Gasteiger partial charge in [-0.15, -0.1) is 0 Å². The van der Waals surface area contributed by atoms with Crippen molar-refractivity contribution in [3.63, 3.8) is 0 Å². The van der Waals surface area contributed by atoms with Crippen LogP contribution in [-0.4, -0.2) is 14.7 Å². The standard InChI is InChI=1S/C13H16N2O/c1-2-13(16)11-6-8-15(9-11)10-12-5-3-4-7-14-12/h3-9,13,16H,2,10H2,1H3. The summed E-state index contributed by atoms with van der Waals surface area (Å²) < 4.78 is 2.04. The zero-order chi connectivity index (χ0) is 11.4. The van der Waals surface area contributed by atoms with Crippen LogP contribution in [0.25, 0.3) is 0 Å². The highest BCUT2D eigenvalue weighted by atomic mass is 16.3. The van der Waals surface area contributed by atoms with Crippen molar-refractivity contribution < 1.29 is 5.11 Å². The van der Waals surface area contributed by atoms with Crippen LogP contribution in [0.4, 0.5) is 0 Å². The topological polar surface area (TPSA) is 38.0 Å². The van der Waals surface area contributed by atoms with Crippen LogP contribution in [0.1, 0.15) is 30.7 Å². The molecule has 0 aromatic carbocycles. The number of rotatable bonds is 4. The Hall–Kier alpha value is -1.61. The van der Waals surface area contributed by atoms with E-state index in [1.165, 1.54) is 0 Å². The Bertz CT molecular complexity index is 436. The van der Waals surface area contributed by atoms with Gasteiger partial charge in [-0.05, 0) is 30.2 Å². The number of nitrogens with zero attached hydrogens (tertiary/aromatic N) is 2. The van der Waals surface area contributed by atoms with E-state index >= 15 is 0 Å². The molecule has 2 heterocycles. The lowest BCUT2D eigenvalue weighted by Gasteiger charge is -2.04. The molecule has 0 aliphatic heterocycles. The number of aromatic nitrogens is 2. The first kappa shape index (κ1) is 10.9. The molecule has 0 aliphatic rings. The summed E-state index contributed by atoms with van der Waals surface area (Å²) in [6.07, 6.45) is 6.13. The van der Waals surface area contributed by atoms with Crippen LogP contribution in [-0.2, 0) is 6.54 Å². The van der Waals surface area contributed by atoms with Crippen molar-refractivity contribution in [3.8, 4) is 0 Å². The van der Waals surface area contributed by atoms with Gasteiger partial charge in [0, 0.05) is 18.6 Å². The van der Waals surface area contributed by atoms with Crippen molar-refractivity contribution in [1.29, 1.82) is 0 Å². The summed E-state index contributed by atoms with van der Waals surface area (Å²) in [6.45, 7) is 2.72. The first-order chi connectivity index (χ1) is 7.79. The summed E-state index contributed by atoms with van der Waals surface area (Å²) in [7, 11) is 0.